The Morgan fingerprint density at radius 1 is 1.42 bits per heavy atom. The van der Waals surface area contributed by atoms with Gasteiger partial charge in [0.2, 0.25) is 0 Å². The predicted molar refractivity (Wildman–Crippen MR) is 65.7 cm³/mol. The van der Waals surface area contributed by atoms with Crippen molar-refractivity contribution in [1.82, 2.24) is 9.97 Å². The van der Waals surface area contributed by atoms with Gasteiger partial charge in [-0.2, -0.15) is 0 Å². The second-order valence-corrected chi connectivity index (χ2v) is 4.12. The zero-order valence-electron chi connectivity index (χ0n) is 10.7. The van der Waals surface area contributed by atoms with E-state index in [2.05, 4.69) is 9.97 Å². The number of halogens is 2. The lowest BCUT2D eigenvalue weighted by atomic mass is 10.1. The van der Waals surface area contributed by atoms with Crippen LogP contribution < -0.4 is 0 Å². The monoisotopic (exact) mass is 268 g/mol. The van der Waals surface area contributed by atoms with Crippen molar-refractivity contribution in [2.45, 2.75) is 26.2 Å². The molecular formula is C13H14F2N2O2. The molecule has 19 heavy (non-hydrogen) atoms. The zero-order valence-corrected chi connectivity index (χ0v) is 10.7. The first-order valence-electron chi connectivity index (χ1n) is 6.08. The summed E-state index contributed by atoms with van der Waals surface area (Å²) in [5, 5.41) is 0. The molecule has 6 heteroatoms. The molecule has 0 bridgehead atoms. The average molecular weight is 268 g/mol. The molecule has 0 fully saturated rings. The second kappa shape index (κ2) is 5.34. The Morgan fingerprint density at radius 3 is 2.79 bits per heavy atom. The molecule has 0 saturated heterocycles. The van der Waals surface area contributed by atoms with Gasteiger partial charge in [0, 0.05) is 6.07 Å². The molecule has 0 amide bonds. The van der Waals surface area contributed by atoms with E-state index in [0.717, 1.165) is 12.1 Å². The number of H-pyrrole nitrogens is 1. The third-order valence-electron chi connectivity index (χ3n) is 2.83. The van der Waals surface area contributed by atoms with Crippen LogP contribution in [0.25, 0.3) is 11.0 Å². The first-order valence-corrected chi connectivity index (χ1v) is 6.08. The van der Waals surface area contributed by atoms with Crippen LogP contribution in [0.1, 0.15) is 32.0 Å². The Kier molecular flexibility index (Phi) is 3.78. The number of esters is 1. The Hall–Kier alpha value is -1.98. The van der Waals surface area contributed by atoms with Gasteiger partial charge in [-0.15, -0.1) is 0 Å². The second-order valence-electron chi connectivity index (χ2n) is 4.12. The van der Waals surface area contributed by atoms with Gasteiger partial charge in [-0.3, -0.25) is 4.79 Å². The molecule has 0 aliphatic rings. The number of aromatic nitrogens is 2. The molecule has 1 aromatic carbocycles. The normalized spacial score (nSPS) is 12.6. The fourth-order valence-electron chi connectivity index (χ4n) is 1.94. The number of benzene rings is 1. The lowest BCUT2D eigenvalue weighted by molar-refractivity contribution is -0.145. The van der Waals surface area contributed by atoms with Crippen molar-refractivity contribution in [2.24, 2.45) is 0 Å². The van der Waals surface area contributed by atoms with E-state index in [4.69, 9.17) is 4.74 Å². The van der Waals surface area contributed by atoms with Crippen LogP contribution in [0.15, 0.2) is 12.1 Å². The molecule has 2 aromatic rings. The molecule has 0 radical (unpaired) electrons. The Balaban J connectivity index is 2.44. The lowest BCUT2D eigenvalue weighted by Crippen LogP contribution is -2.16. The Labute approximate surface area is 108 Å². The van der Waals surface area contributed by atoms with Gasteiger partial charge in [0.25, 0.3) is 0 Å². The van der Waals surface area contributed by atoms with Crippen LogP contribution in [0, 0.1) is 11.6 Å². The number of imidazole rings is 1. The van der Waals surface area contributed by atoms with Crippen molar-refractivity contribution in [3.8, 4) is 0 Å². The van der Waals surface area contributed by atoms with Crippen LogP contribution in [0.2, 0.25) is 0 Å². The van der Waals surface area contributed by atoms with E-state index in [-0.39, 0.29) is 17.6 Å². The predicted octanol–water partition coefficient (Wildman–Crippen LogP) is 2.90. The fourth-order valence-corrected chi connectivity index (χ4v) is 1.94. The summed E-state index contributed by atoms with van der Waals surface area (Å²) < 4.78 is 31.6. The molecule has 1 aromatic heterocycles. The molecule has 4 nitrogen and oxygen atoms in total. The maximum atomic E-state index is 13.5. The quantitative estimate of drug-likeness (QED) is 0.867. The fraction of sp³-hybridized carbons (Fsp3) is 0.385. The summed E-state index contributed by atoms with van der Waals surface area (Å²) in [6.07, 6.45) is 0.461. The molecule has 0 spiro atoms. The van der Waals surface area contributed by atoms with Crippen molar-refractivity contribution < 1.29 is 18.3 Å². The molecule has 1 N–H and O–H groups in total. The number of carbonyl (C=O) groups is 1. The minimum absolute atomic E-state index is 0.0270. The van der Waals surface area contributed by atoms with Gasteiger partial charge in [-0.1, -0.05) is 6.92 Å². The highest BCUT2D eigenvalue weighted by molar-refractivity contribution is 5.81. The van der Waals surface area contributed by atoms with Crippen molar-refractivity contribution in [3.63, 3.8) is 0 Å². The molecule has 2 rings (SSSR count). The van der Waals surface area contributed by atoms with E-state index in [1.54, 1.807) is 13.8 Å². The molecule has 1 unspecified atom stereocenters. The van der Waals surface area contributed by atoms with Crippen molar-refractivity contribution in [2.75, 3.05) is 6.61 Å². The molecule has 102 valence electrons. The summed E-state index contributed by atoms with van der Waals surface area (Å²) in [5.74, 6) is -2.18. The zero-order chi connectivity index (χ0) is 14.0. The van der Waals surface area contributed by atoms with Crippen LogP contribution >= 0.6 is 0 Å². The van der Waals surface area contributed by atoms with Gasteiger partial charge >= 0.3 is 5.97 Å². The van der Waals surface area contributed by atoms with Crippen LogP contribution in [-0.2, 0) is 9.53 Å². The topological polar surface area (TPSA) is 55.0 Å². The molecule has 0 saturated carbocycles. The van der Waals surface area contributed by atoms with E-state index in [1.165, 1.54) is 0 Å². The van der Waals surface area contributed by atoms with Crippen LogP contribution in [0.4, 0.5) is 8.78 Å². The van der Waals surface area contributed by atoms with Gasteiger partial charge in [0.1, 0.15) is 23.1 Å². The number of hydrogen-bond donors (Lipinski definition) is 1. The van der Waals surface area contributed by atoms with E-state index < -0.39 is 23.5 Å². The van der Waals surface area contributed by atoms with Crippen LogP contribution in [0.5, 0.6) is 0 Å². The minimum atomic E-state index is -0.754. The van der Waals surface area contributed by atoms with Gasteiger partial charge < -0.3 is 9.72 Å². The SMILES string of the molecule is CCOC(=O)C(CC)c1nc2c(F)cc(F)cc2[nH]1. The molecule has 1 atom stereocenters. The van der Waals surface area contributed by atoms with Gasteiger partial charge in [0.15, 0.2) is 5.82 Å². The third-order valence-corrected chi connectivity index (χ3v) is 2.83. The number of nitrogens with zero attached hydrogens (tertiary/aromatic N) is 1. The molecular weight excluding hydrogens is 254 g/mol. The number of carbonyl (C=O) groups excluding carboxylic acids is 1. The van der Waals surface area contributed by atoms with Crippen LogP contribution in [-0.4, -0.2) is 22.5 Å². The summed E-state index contributed by atoms with van der Waals surface area (Å²) in [6.45, 7) is 3.77. The van der Waals surface area contributed by atoms with E-state index in [0.29, 0.717) is 12.2 Å². The van der Waals surface area contributed by atoms with Crippen molar-refractivity contribution in [3.05, 3.63) is 29.6 Å². The van der Waals surface area contributed by atoms with Crippen molar-refractivity contribution >= 4 is 17.0 Å². The van der Waals surface area contributed by atoms with E-state index in [9.17, 15) is 13.6 Å². The maximum Gasteiger partial charge on any atom is 0.316 e. The summed E-state index contributed by atoms with van der Waals surface area (Å²) >= 11 is 0. The number of aromatic amines is 1. The minimum Gasteiger partial charge on any atom is -0.465 e. The maximum absolute atomic E-state index is 13.5. The Morgan fingerprint density at radius 2 is 2.16 bits per heavy atom. The number of nitrogens with one attached hydrogen (secondary N) is 1. The van der Waals surface area contributed by atoms with Crippen molar-refractivity contribution in [1.29, 1.82) is 0 Å². The molecule has 0 aliphatic heterocycles. The summed E-state index contributed by atoms with van der Waals surface area (Å²) in [7, 11) is 0. The molecule has 0 aliphatic carbocycles. The first-order chi connectivity index (χ1) is 9.06. The highest BCUT2D eigenvalue weighted by Crippen LogP contribution is 2.24. The average Bonchev–Trinajstić information content (AvgIpc) is 2.74. The van der Waals surface area contributed by atoms with E-state index >= 15 is 0 Å². The standard InChI is InChI=1S/C13H14F2N2O2/c1-3-8(13(18)19-4-2)12-16-10-6-7(14)5-9(15)11(10)17-12/h5-6,8H,3-4H2,1-2H3,(H,16,17). The number of ether oxygens (including phenoxy) is 1. The number of rotatable bonds is 4. The van der Waals surface area contributed by atoms with Gasteiger partial charge in [-0.05, 0) is 19.4 Å². The summed E-state index contributed by atoms with van der Waals surface area (Å²) in [5.41, 5.74) is 0.259. The first kappa shape index (κ1) is 13.5. The summed E-state index contributed by atoms with van der Waals surface area (Å²) in [6, 6.07) is 1.91. The van der Waals surface area contributed by atoms with Gasteiger partial charge in [0.05, 0.1) is 12.1 Å². The number of hydrogen-bond acceptors (Lipinski definition) is 3. The number of fused-ring (bicyclic) bond motifs is 1. The Bertz CT molecular complexity index is 610. The highest BCUT2D eigenvalue weighted by atomic mass is 19.1. The smallest absolute Gasteiger partial charge is 0.316 e. The third kappa shape index (κ3) is 2.57. The largest absolute Gasteiger partial charge is 0.465 e. The van der Waals surface area contributed by atoms with Gasteiger partial charge in [-0.25, -0.2) is 13.8 Å². The molecule has 1 heterocycles. The van der Waals surface area contributed by atoms with E-state index in [1.807, 2.05) is 0 Å². The van der Waals surface area contributed by atoms with Crippen LogP contribution in [0.3, 0.4) is 0 Å². The highest BCUT2D eigenvalue weighted by Gasteiger charge is 2.24. The summed E-state index contributed by atoms with van der Waals surface area (Å²) in [4.78, 5) is 18.6. The lowest BCUT2D eigenvalue weighted by Gasteiger charge is -2.10.